The average Bonchev–Trinajstić information content (AvgIpc) is 3.16. The number of hydrogen-bond acceptors (Lipinski definition) is 1. The Morgan fingerprint density at radius 3 is 2.72 bits per heavy atom. The molecule has 2 atom stereocenters. The van der Waals surface area contributed by atoms with Crippen LogP contribution in [0.5, 0.6) is 0 Å². The number of aryl methyl sites for hydroxylation is 1. The Hall–Kier alpha value is -0.890. The van der Waals surface area contributed by atoms with Gasteiger partial charge in [-0.3, -0.25) is 0 Å². The third-order valence-electron chi connectivity index (χ3n) is 4.68. The molecule has 0 saturated heterocycles. The van der Waals surface area contributed by atoms with E-state index in [2.05, 4.69) is 0 Å². The molecule has 98 valence electrons. The molecule has 1 aromatic carbocycles. The molecule has 2 heteroatoms. The number of hydrogen-bond donors (Lipinski definition) is 1. The van der Waals surface area contributed by atoms with E-state index in [0.717, 1.165) is 24.3 Å². The van der Waals surface area contributed by atoms with E-state index in [1.54, 1.807) is 6.07 Å². The summed E-state index contributed by atoms with van der Waals surface area (Å²) in [5.41, 5.74) is 0.614. The average molecular weight is 248 g/mol. The van der Waals surface area contributed by atoms with Crippen LogP contribution in [0.2, 0.25) is 0 Å². The molecule has 1 aromatic rings. The number of benzene rings is 1. The standard InChI is InChI=1S/C16H21FO/c1-11-4-7-15(17)14(9-11)16(18)8-2-3-13(10-16)12-5-6-12/h4,7,9,12-13,18H,2-3,5-6,8,10H2,1H3. The van der Waals surface area contributed by atoms with Crippen LogP contribution in [0.4, 0.5) is 4.39 Å². The SMILES string of the molecule is Cc1ccc(F)c(C2(O)CCCC(C3CC3)C2)c1. The fourth-order valence-corrected chi connectivity index (χ4v) is 3.50. The Morgan fingerprint density at radius 1 is 1.22 bits per heavy atom. The molecule has 0 radical (unpaired) electrons. The Morgan fingerprint density at radius 2 is 2.00 bits per heavy atom. The summed E-state index contributed by atoms with van der Waals surface area (Å²) in [6.45, 7) is 1.95. The van der Waals surface area contributed by atoms with Crippen LogP contribution < -0.4 is 0 Å². The Kier molecular flexibility index (Phi) is 2.93. The third kappa shape index (κ3) is 2.18. The molecule has 0 heterocycles. The van der Waals surface area contributed by atoms with Gasteiger partial charge in [0, 0.05) is 5.56 Å². The van der Waals surface area contributed by atoms with Gasteiger partial charge in [-0.25, -0.2) is 4.39 Å². The highest BCUT2D eigenvalue weighted by Gasteiger charge is 2.42. The zero-order valence-corrected chi connectivity index (χ0v) is 11.0. The lowest BCUT2D eigenvalue weighted by Crippen LogP contribution is -2.34. The first kappa shape index (κ1) is 12.2. The molecule has 2 unspecified atom stereocenters. The van der Waals surface area contributed by atoms with Crippen molar-refractivity contribution in [1.29, 1.82) is 0 Å². The van der Waals surface area contributed by atoms with Gasteiger partial charge in [0.25, 0.3) is 0 Å². The summed E-state index contributed by atoms with van der Waals surface area (Å²) in [4.78, 5) is 0. The molecule has 2 aliphatic carbocycles. The minimum atomic E-state index is -0.929. The molecular formula is C16H21FO. The quantitative estimate of drug-likeness (QED) is 0.841. The zero-order valence-electron chi connectivity index (χ0n) is 11.0. The largest absolute Gasteiger partial charge is 0.385 e. The minimum absolute atomic E-state index is 0.250. The van der Waals surface area contributed by atoms with Gasteiger partial charge in [-0.05, 0) is 63.4 Å². The fraction of sp³-hybridized carbons (Fsp3) is 0.625. The lowest BCUT2D eigenvalue weighted by Gasteiger charge is -2.37. The van der Waals surface area contributed by atoms with E-state index in [1.165, 1.54) is 25.3 Å². The van der Waals surface area contributed by atoms with Crippen molar-refractivity contribution in [2.75, 3.05) is 0 Å². The highest BCUT2D eigenvalue weighted by molar-refractivity contribution is 5.29. The second-order valence-electron chi connectivity index (χ2n) is 6.21. The Bertz CT molecular complexity index is 452. The maximum Gasteiger partial charge on any atom is 0.129 e. The summed E-state index contributed by atoms with van der Waals surface area (Å²) in [6, 6.07) is 5.08. The molecule has 2 fully saturated rings. The zero-order chi connectivity index (χ0) is 12.8. The maximum absolute atomic E-state index is 14.0. The van der Waals surface area contributed by atoms with E-state index >= 15 is 0 Å². The van der Waals surface area contributed by atoms with Crippen LogP contribution in [0.25, 0.3) is 0 Å². The molecule has 0 spiro atoms. The number of halogens is 1. The van der Waals surface area contributed by atoms with Crippen molar-refractivity contribution >= 4 is 0 Å². The molecule has 3 rings (SSSR count). The normalized spacial score (nSPS) is 32.5. The van der Waals surface area contributed by atoms with E-state index < -0.39 is 5.60 Å². The van der Waals surface area contributed by atoms with Crippen LogP contribution in [-0.2, 0) is 5.60 Å². The lowest BCUT2D eigenvalue weighted by atomic mass is 9.72. The monoisotopic (exact) mass is 248 g/mol. The van der Waals surface area contributed by atoms with Crippen molar-refractivity contribution in [3.63, 3.8) is 0 Å². The molecule has 0 aliphatic heterocycles. The van der Waals surface area contributed by atoms with Crippen LogP contribution in [0, 0.1) is 24.6 Å². The molecule has 18 heavy (non-hydrogen) atoms. The van der Waals surface area contributed by atoms with E-state index in [-0.39, 0.29) is 5.82 Å². The van der Waals surface area contributed by atoms with Crippen LogP contribution in [0.3, 0.4) is 0 Å². The second kappa shape index (κ2) is 4.34. The van der Waals surface area contributed by atoms with Gasteiger partial charge in [-0.1, -0.05) is 17.7 Å². The predicted molar refractivity (Wildman–Crippen MR) is 69.7 cm³/mol. The highest BCUT2D eigenvalue weighted by atomic mass is 19.1. The van der Waals surface area contributed by atoms with Crippen molar-refractivity contribution in [2.45, 2.75) is 51.0 Å². The van der Waals surface area contributed by atoms with E-state index in [4.69, 9.17) is 0 Å². The first-order valence-corrected chi connectivity index (χ1v) is 7.07. The molecule has 2 aliphatic rings. The van der Waals surface area contributed by atoms with Crippen LogP contribution in [0.1, 0.15) is 49.7 Å². The van der Waals surface area contributed by atoms with Gasteiger partial charge in [0.2, 0.25) is 0 Å². The summed E-state index contributed by atoms with van der Waals surface area (Å²) >= 11 is 0. The molecule has 0 aromatic heterocycles. The van der Waals surface area contributed by atoms with Gasteiger partial charge < -0.3 is 5.11 Å². The summed E-state index contributed by atoms with van der Waals surface area (Å²) in [6.07, 6.45) is 6.29. The first-order chi connectivity index (χ1) is 8.58. The fourth-order valence-electron chi connectivity index (χ4n) is 3.50. The summed E-state index contributed by atoms with van der Waals surface area (Å²) in [5, 5.41) is 10.9. The van der Waals surface area contributed by atoms with Crippen molar-refractivity contribution in [3.05, 3.63) is 35.1 Å². The van der Waals surface area contributed by atoms with Crippen molar-refractivity contribution < 1.29 is 9.50 Å². The van der Waals surface area contributed by atoms with Crippen molar-refractivity contribution in [2.24, 2.45) is 11.8 Å². The molecule has 2 saturated carbocycles. The van der Waals surface area contributed by atoms with E-state index in [9.17, 15) is 9.50 Å². The van der Waals surface area contributed by atoms with Gasteiger partial charge in [0.1, 0.15) is 5.82 Å². The Labute approximate surface area is 108 Å². The van der Waals surface area contributed by atoms with Crippen LogP contribution in [0.15, 0.2) is 18.2 Å². The number of aliphatic hydroxyl groups is 1. The molecular weight excluding hydrogens is 227 g/mol. The smallest absolute Gasteiger partial charge is 0.129 e. The van der Waals surface area contributed by atoms with Crippen molar-refractivity contribution in [1.82, 2.24) is 0 Å². The first-order valence-electron chi connectivity index (χ1n) is 7.07. The van der Waals surface area contributed by atoms with Gasteiger partial charge in [0.15, 0.2) is 0 Å². The lowest BCUT2D eigenvalue weighted by molar-refractivity contribution is -0.0278. The van der Waals surface area contributed by atoms with Gasteiger partial charge in [0.05, 0.1) is 5.60 Å². The summed E-state index contributed by atoms with van der Waals surface area (Å²) in [5.74, 6) is 1.15. The summed E-state index contributed by atoms with van der Waals surface area (Å²) < 4.78 is 14.0. The maximum atomic E-state index is 14.0. The molecule has 1 nitrogen and oxygen atoms in total. The minimum Gasteiger partial charge on any atom is -0.385 e. The number of rotatable bonds is 2. The third-order valence-corrected chi connectivity index (χ3v) is 4.68. The summed E-state index contributed by atoms with van der Waals surface area (Å²) in [7, 11) is 0. The van der Waals surface area contributed by atoms with Crippen LogP contribution in [-0.4, -0.2) is 5.11 Å². The Balaban J connectivity index is 1.90. The van der Waals surface area contributed by atoms with Gasteiger partial charge in [-0.2, -0.15) is 0 Å². The molecule has 0 bridgehead atoms. The van der Waals surface area contributed by atoms with E-state index in [1.807, 2.05) is 13.0 Å². The predicted octanol–water partition coefficient (Wildman–Crippen LogP) is 3.92. The topological polar surface area (TPSA) is 20.2 Å². The van der Waals surface area contributed by atoms with Gasteiger partial charge in [-0.15, -0.1) is 0 Å². The van der Waals surface area contributed by atoms with Crippen molar-refractivity contribution in [3.8, 4) is 0 Å². The van der Waals surface area contributed by atoms with Gasteiger partial charge >= 0.3 is 0 Å². The highest BCUT2D eigenvalue weighted by Crippen LogP contribution is 2.49. The molecule has 1 N–H and O–H groups in total. The van der Waals surface area contributed by atoms with E-state index in [0.29, 0.717) is 17.9 Å². The second-order valence-corrected chi connectivity index (χ2v) is 6.21. The van der Waals surface area contributed by atoms with Crippen LogP contribution >= 0.6 is 0 Å². The molecule has 0 amide bonds.